The molecule has 0 radical (unpaired) electrons. The number of halogens is 2. The van der Waals surface area contributed by atoms with E-state index in [0.29, 0.717) is 33.5 Å². The molecule has 0 spiro atoms. The van der Waals surface area contributed by atoms with Crippen molar-refractivity contribution in [2.45, 2.75) is 6.92 Å². The number of amides is 1. The summed E-state index contributed by atoms with van der Waals surface area (Å²) in [5.41, 5.74) is 3.60. The fourth-order valence-electron chi connectivity index (χ4n) is 2.97. The topological polar surface area (TPSA) is 55.1 Å². The van der Waals surface area contributed by atoms with Crippen LogP contribution in [0.15, 0.2) is 81.8 Å². The van der Waals surface area contributed by atoms with Crippen LogP contribution in [0.25, 0.3) is 22.8 Å². The quantitative estimate of drug-likeness (QED) is 0.352. The monoisotopic (exact) mass is 466 g/mol. The van der Waals surface area contributed by atoms with Gasteiger partial charge in [0.05, 0.1) is 11.8 Å². The van der Waals surface area contributed by atoms with Crippen LogP contribution in [0.3, 0.4) is 0 Å². The zero-order valence-corrected chi connectivity index (χ0v) is 17.8. The average molecular weight is 468 g/mol. The first-order valence-corrected chi connectivity index (χ1v) is 10.1. The van der Waals surface area contributed by atoms with Gasteiger partial charge >= 0.3 is 0 Å². The molecule has 144 valence electrons. The molecule has 29 heavy (non-hydrogen) atoms. The molecule has 0 aliphatic rings. The van der Waals surface area contributed by atoms with E-state index in [0.717, 1.165) is 15.6 Å². The molecule has 4 nitrogen and oxygen atoms in total. The number of anilines is 1. The van der Waals surface area contributed by atoms with Gasteiger partial charge in [0.1, 0.15) is 0 Å². The molecule has 6 heteroatoms. The highest BCUT2D eigenvalue weighted by Crippen LogP contribution is 2.29. The van der Waals surface area contributed by atoms with E-state index in [1.807, 2.05) is 55.5 Å². The molecular weight excluding hydrogens is 452 g/mol. The van der Waals surface area contributed by atoms with Crippen molar-refractivity contribution >= 4 is 39.1 Å². The Morgan fingerprint density at radius 2 is 1.83 bits per heavy atom. The van der Waals surface area contributed by atoms with Crippen molar-refractivity contribution < 1.29 is 9.21 Å². The lowest BCUT2D eigenvalue weighted by atomic mass is 10.1. The van der Waals surface area contributed by atoms with Crippen molar-refractivity contribution in [3.8, 4) is 22.8 Å². The Morgan fingerprint density at radius 3 is 2.59 bits per heavy atom. The van der Waals surface area contributed by atoms with E-state index in [1.165, 1.54) is 0 Å². The number of aromatic nitrogens is 1. The summed E-state index contributed by atoms with van der Waals surface area (Å²) in [6.07, 6.45) is 1.66. The summed E-state index contributed by atoms with van der Waals surface area (Å²) in [5, 5.41) is 3.56. The van der Waals surface area contributed by atoms with E-state index in [4.69, 9.17) is 16.0 Å². The van der Waals surface area contributed by atoms with Gasteiger partial charge in [-0.1, -0.05) is 51.8 Å². The average Bonchev–Trinajstić information content (AvgIpc) is 3.20. The van der Waals surface area contributed by atoms with Crippen LogP contribution in [0.2, 0.25) is 5.02 Å². The first-order valence-electron chi connectivity index (χ1n) is 8.90. The normalized spacial score (nSPS) is 10.7. The molecular formula is C23H16BrClN2O2. The summed E-state index contributed by atoms with van der Waals surface area (Å²) in [7, 11) is 0. The van der Waals surface area contributed by atoms with Crippen molar-refractivity contribution in [2.75, 3.05) is 5.32 Å². The Balaban J connectivity index is 1.65. The predicted octanol–water partition coefficient (Wildman–Crippen LogP) is 6.99. The molecule has 0 saturated heterocycles. The maximum absolute atomic E-state index is 12.9. The summed E-state index contributed by atoms with van der Waals surface area (Å²) in [5.74, 6) is 0.784. The fourth-order valence-corrected chi connectivity index (χ4v) is 3.46. The summed E-state index contributed by atoms with van der Waals surface area (Å²) in [4.78, 5) is 17.3. The smallest absolute Gasteiger partial charge is 0.256 e. The van der Waals surface area contributed by atoms with E-state index in [-0.39, 0.29) is 5.91 Å². The maximum Gasteiger partial charge on any atom is 0.256 e. The molecule has 3 aromatic carbocycles. The zero-order chi connectivity index (χ0) is 20.4. The van der Waals surface area contributed by atoms with Crippen molar-refractivity contribution in [2.24, 2.45) is 0 Å². The number of hydrogen-bond donors (Lipinski definition) is 1. The van der Waals surface area contributed by atoms with Crippen LogP contribution < -0.4 is 5.32 Å². The molecule has 1 aromatic heterocycles. The highest BCUT2D eigenvalue weighted by Gasteiger charge is 2.17. The molecule has 0 atom stereocenters. The molecule has 1 heterocycles. The summed E-state index contributed by atoms with van der Waals surface area (Å²) >= 11 is 9.42. The number of aryl methyl sites for hydroxylation is 1. The van der Waals surface area contributed by atoms with Gasteiger partial charge in [-0.3, -0.25) is 4.79 Å². The van der Waals surface area contributed by atoms with Crippen molar-refractivity contribution in [3.63, 3.8) is 0 Å². The Morgan fingerprint density at radius 1 is 1.07 bits per heavy atom. The number of hydrogen-bond acceptors (Lipinski definition) is 3. The van der Waals surface area contributed by atoms with Gasteiger partial charge in [0.2, 0.25) is 5.89 Å². The fraction of sp³-hybridized carbons (Fsp3) is 0.0435. The van der Waals surface area contributed by atoms with Crippen molar-refractivity contribution in [1.29, 1.82) is 0 Å². The number of carbonyl (C=O) groups is 1. The van der Waals surface area contributed by atoms with Crippen molar-refractivity contribution in [1.82, 2.24) is 4.98 Å². The van der Waals surface area contributed by atoms with E-state index in [9.17, 15) is 4.79 Å². The van der Waals surface area contributed by atoms with E-state index >= 15 is 0 Å². The zero-order valence-electron chi connectivity index (χ0n) is 15.4. The number of benzene rings is 3. The van der Waals surface area contributed by atoms with Gasteiger partial charge in [0.25, 0.3) is 5.91 Å². The second-order valence-electron chi connectivity index (χ2n) is 6.50. The van der Waals surface area contributed by atoms with Crippen molar-refractivity contribution in [3.05, 3.63) is 93.5 Å². The van der Waals surface area contributed by atoms with Gasteiger partial charge in [-0.05, 0) is 55.0 Å². The van der Waals surface area contributed by atoms with Crippen LogP contribution in [0.1, 0.15) is 15.9 Å². The third-order valence-corrected chi connectivity index (χ3v) is 5.24. The molecule has 1 amide bonds. The Bertz CT molecular complexity index is 1190. The summed E-state index contributed by atoms with van der Waals surface area (Å²) in [6.45, 7) is 1.89. The SMILES string of the molecule is Cc1cc(Cl)ccc1NC(=O)c1ccccc1-c1ncc(-c2ccc(Br)cc2)o1. The largest absolute Gasteiger partial charge is 0.436 e. The lowest BCUT2D eigenvalue weighted by Crippen LogP contribution is -2.14. The summed E-state index contributed by atoms with van der Waals surface area (Å²) < 4.78 is 6.94. The lowest BCUT2D eigenvalue weighted by Gasteiger charge is -2.10. The van der Waals surface area contributed by atoms with Gasteiger partial charge in [-0.25, -0.2) is 4.98 Å². The Labute approximate surface area is 181 Å². The van der Waals surface area contributed by atoms with Crippen LogP contribution in [-0.2, 0) is 0 Å². The maximum atomic E-state index is 12.9. The van der Waals surface area contributed by atoms with Gasteiger partial charge in [-0.15, -0.1) is 0 Å². The molecule has 0 bridgehead atoms. The Hall–Kier alpha value is -2.89. The minimum absolute atomic E-state index is 0.241. The highest BCUT2D eigenvalue weighted by atomic mass is 79.9. The molecule has 0 saturated carbocycles. The standard InChI is InChI=1S/C23H16BrClN2O2/c1-14-12-17(25)10-11-20(14)27-22(28)18-4-2-3-5-19(18)23-26-13-21(29-23)15-6-8-16(24)9-7-15/h2-13H,1H3,(H,27,28). The molecule has 4 rings (SSSR count). The molecule has 0 aliphatic carbocycles. The molecule has 0 fully saturated rings. The summed E-state index contributed by atoms with van der Waals surface area (Å²) in [6, 6.07) is 20.3. The number of nitrogens with zero attached hydrogens (tertiary/aromatic N) is 1. The van der Waals surface area contributed by atoms with Gasteiger partial charge < -0.3 is 9.73 Å². The number of rotatable bonds is 4. The third kappa shape index (κ3) is 4.26. The number of carbonyl (C=O) groups excluding carboxylic acids is 1. The molecule has 1 N–H and O–H groups in total. The minimum Gasteiger partial charge on any atom is -0.436 e. The van der Waals surface area contributed by atoms with E-state index in [2.05, 4.69) is 26.2 Å². The lowest BCUT2D eigenvalue weighted by molar-refractivity contribution is 0.102. The van der Waals surface area contributed by atoms with Crippen LogP contribution in [-0.4, -0.2) is 10.9 Å². The minimum atomic E-state index is -0.241. The Kier molecular flexibility index (Phi) is 5.51. The highest BCUT2D eigenvalue weighted by molar-refractivity contribution is 9.10. The van der Waals surface area contributed by atoms with Crippen LogP contribution in [0.5, 0.6) is 0 Å². The van der Waals surface area contributed by atoms with E-state index < -0.39 is 0 Å². The van der Waals surface area contributed by atoms with E-state index in [1.54, 1.807) is 24.4 Å². The molecule has 0 aliphatic heterocycles. The second kappa shape index (κ2) is 8.23. The second-order valence-corrected chi connectivity index (χ2v) is 7.85. The molecule has 0 unspecified atom stereocenters. The van der Waals surface area contributed by atoms with Crippen LogP contribution in [0.4, 0.5) is 5.69 Å². The number of oxazole rings is 1. The van der Waals surface area contributed by atoms with Crippen LogP contribution in [0, 0.1) is 6.92 Å². The van der Waals surface area contributed by atoms with Gasteiger partial charge in [0.15, 0.2) is 5.76 Å². The first-order chi connectivity index (χ1) is 14.0. The van der Waals surface area contributed by atoms with Crippen LogP contribution >= 0.6 is 27.5 Å². The first kappa shape index (κ1) is 19.4. The third-order valence-electron chi connectivity index (χ3n) is 4.47. The van der Waals surface area contributed by atoms with Gasteiger partial charge in [-0.2, -0.15) is 0 Å². The van der Waals surface area contributed by atoms with Gasteiger partial charge in [0, 0.05) is 26.3 Å². The number of nitrogens with one attached hydrogen (secondary N) is 1. The molecule has 4 aromatic rings. The predicted molar refractivity (Wildman–Crippen MR) is 119 cm³/mol.